The first kappa shape index (κ1) is 22.5. The molecule has 2 fully saturated rings. The van der Waals surface area contributed by atoms with Gasteiger partial charge in [-0.2, -0.15) is 0 Å². The summed E-state index contributed by atoms with van der Waals surface area (Å²) in [6.07, 6.45) is 4.39. The molecule has 0 unspecified atom stereocenters. The van der Waals surface area contributed by atoms with E-state index in [2.05, 4.69) is 45.0 Å². The molecule has 0 bridgehead atoms. The van der Waals surface area contributed by atoms with Gasteiger partial charge in [-0.3, -0.25) is 9.78 Å². The molecule has 8 heteroatoms. The molecule has 2 N–H and O–H groups in total. The SMILES string of the molecule is Cc1cc([C@@H]2[C@@H](c3ccccn3)NC(=S)N2CCC(=O)Nc2ccccc2F)c(C)n1C1CC1. The average molecular weight is 478 g/mol. The summed E-state index contributed by atoms with van der Waals surface area (Å²) < 4.78 is 16.4. The number of nitrogens with one attached hydrogen (secondary N) is 2. The van der Waals surface area contributed by atoms with Crippen LogP contribution < -0.4 is 10.6 Å². The van der Waals surface area contributed by atoms with E-state index < -0.39 is 5.82 Å². The molecule has 1 aliphatic heterocycles. The summed E-state index contributed by atoms with van der Waals surface area (Å²) in [5.74, 6) is -0.703. The number of carbonyl (C=O) groups excluding carboxylic acids is 1. The quantitative estimate of drug-likeness (QED) is 0.470. The van der Waals surface area contributed by atoms with Gasteiger partial charge in [0.15, 0.2) is 5.11 Å². The largest absolute Gasteiger partial charge is 0.352 e. The first-order valence-corrected chi connectivity index (χ1v) is 12.1. The predicted octanol–water partition coefficient (Wildman–Crippen LogP) is 4.98. The van der Waals surface area contributed by atoms with Crippen molar-refractivity contribution in [2.45, 2.75) is 51.2 Å². The number of carbonyl (C=O) groups is 1. The molecule has 2 aromatic heterocycles. The van der Waals surface area contributed by atoms with Crippen molar-refractivity contribution in [3.8, 4) is 0 Å². The number of hydrogen-bond donors (Lipinski definition) is 2. The minimum absolute atomic E-state index is 0.0950. The summed E-state index contributed by atoms with van der Waals surface area (Å²) in [4.78, 5) is 19.3. The maximum absolute atomic E-state index is 14.0. The zero-order valence-electron chi connectivity index (χ0n) is 19.3. The van der Waals surface area contributed by atoms with Gasteiger partial charge in [0, 0.05) is 36.6 Å². The van der Waals surface area contributed by atoms with Crippen molar-refractivity contribution in [1.29, 1.82) is 0 Å². The number of nitrogens with zero attached hydrogens (tertiary/aromatic N) is 3. The standard InChI is InChI=1S/C26H28FN5OS/c1-16-15-19(17(2)32(16)18-10-11-18)25-24(22-9-5-6-13-28-22)30-26(34)31(25)14-12-23(33)29-21-8-4-3-7-20(21)27/h3-9,13,15,18,24-25H,10-12,14H2,1-2H3,(H,29,33)(H,30,34)/t24-,25-/m1/s1. The topological polar surface area (TPSA) is 62.2 Å². The van der Waals surface area contributed by atoms with Crippen molar-refractivity contribution in [2.75, 3.05) is 11.9 Å². The molecule has 0 radical (unpaired) electrons. The van der Waals surface area contributed by atoms with Crippen LogP contribution in [0.15, 0.2) is 54.7 Å². The van der Waals surface area contributed by atoms with Crippen molar-refractivity contribution in [3.05, 3.63) is 83.2 Å². The van der Waals surface area contributed by atoms with Crippen LogP contribution in [0.3, 0.4) is 0 Å². The Morgan fingerprint density at radius 3 is 2.68 bits per heavy atom. The van der Waals surface area contributed by atoms with Crippen molar-refractivity contribution in [2.24, 2.45) is 0 Å². The number of hydrogen-bond acceptors (Lipinski definition) is 3. The maximum Gasteiger partial charge on any atom is 0.226 e. The molecule has 1 saturated heterocycles. The van der Waals surface area contributed by atoms with Crippen LogP contribution in [0.2, 0.25) is 0 Å². The van der Waals surface area contributed by atoms with Crippen LogP contribution in [-0.4, -0.2) is 32.0 Å². The van der Waals surface area contributed by atoms with Gasteiger partial charge in [0.05, 0.1) is 23.5 Å². The van der Waals surface area contributed by atoms with Crippen LogP contribution >= 0.6 is 12.2 Å². The number of benzene rings is 1. The van der Waals surface area contributed by atoms with Crippen LogP contribution in [0.1, 0.15) is 60.0 Å². The van der Waals surface area contributed by atoms with Crippen LogP contribution in [0.25, 0.3) is 0 Å². The molecule has 34 heavy (non-hydrogen) atoms. The first-order chi connectivity index (χ1) is 16.4. The Bertz CT molecular complexity index is 1220. The average Bonchev–Trinajstić information content (AvgIpc) is 3.54. The molecule has 1 aromatic carbocycles. The molecule has 3 aromatic rings. The molecular weight excluding hydrogens is 449 g/mol. The smallest absolute Gasteiger partial charge is 0.226 e. The predicted molar refractivity (Wildman–Crippen MR) is 134 cm³/mol. The van der Waals surface area contributed by atoms with Gasteiger partial charge in [-0.1, -0.05) is 18.2 Å². The van der Waals surface area contributed by atoms with Gasteiger partial charge in [-0.25, -0.2) is 4.39 Å². The van der Waals surface area contributed by atoms with Crippen molar-refractivity contribution in [1.82, 2.24) is 19.8 Å². The van der Waals surface area contributed by atoms with Gasteiger partial charge in [0.1, 0.15) is 5.82 Å². The molecule has 1 amide bonds. The maximum atomic E-state index is 14.0. The molecule has 5 rings (SSSR count). The van der Waals surface area contributed by atoms with E-state index in [1.165, 1.54) is 35.9 Å². The second-order valence-electron chi connectivity index (χ2n) is 9.03. The minimum atomic E-state index is -0.449. The van der Waals surface area contributed by atoms with Crippen molar-refractivity contribution in [3.63, 3.8) is 0 Å². The molecule has 3 heterocycles. The number of aromatic nitrogens is 2. The third-order valence-electron chi connectivity index (χ3n) is 6.68. The number of thiocarbonyl (C=S) groups is 1. The second-order valence-corrected chi connectivity index (χ2v) is 9.41. The Hall–Kier alpha value is -3.26. The summed E-state index contributed by atoms with van der Waals surface area (Å²) >= 11 is 5.73. The molecule has 1 aliphatic carbocycles. The highest BCUT2D eigenvalue weighted by molar-refractivity contribution is 7.80. The van der Waals surface area contributed by atoms with E-state index in [-0.39, 0.29) is 30.1 Å². The lowest BCUT2D eigenvalue weighted by Gasteiger charge is -2.28. The first-order valence-electron chi connectivity index (χ1n) is 11.6. The van der Waals surface area contributed by atoms with E-state index in [1.807, 2.05) is 18.2 Å². The highest BCUT2D eigenvalue weighted by Gasteiger charge is 2.42. The van der Waals surface area contributed by atoms with E-state index in [4.69, 9.17) is 12.2 Å². The van der Waals surface area contributed by atoms with Gasteiger partial charge >= 0.3 is 0 Å². The molecule has 6 nitrogen and oxygen atoms in total. The highest BCUT2D eigenvalue weighted by Crippen LogP contribution is 2.44. The summed E-state index contributed by atoms with van der Waals surface area (Å²) in [5.41, 5.74) is 4.76. The molecular formula is C26H28FN5OS. The van der Waals surface area contributed by atoms with Crippen molar-refractivity contribution < 1.29 is 9.18 Å². The number of anilines is 1. The molecule has 0 spiro atoms. The van der Waals surface area contributed by atoms with Crippen LogP contribution in [0.5, 0.6) is 0 Å². The van der Waals surface area contributed by atoms with E-state index in [0.717, 1.165) is 5.69 Å². The Morgan fingerprint density at radius 2 is 1.97 bits per heavy atom. The number of pyridine rings is 1. The van der Waals surface area contributed by atoms with Crippen LogP contribution in [0.4, 0.5) is 10.1 Å². The Kier molecular flexibility index (Phi) is 6.08. The lowest BCUT2D eigenvalue weighted by atomic mass is 9.96. The van der Waals surface area contributed by atoms with Gasteiger partial charge < -0.3 is 20.1 Å². The van der Waals surface area contributed by atoms with Crippen LogP contribution in [-0.2, 0) is 4.79 Å². The monoisotopic (exact) mass is 477 g/mol. The van der Waals surface area contributed by atoms with E-state index in [9.17, 15) is 9.18 Å². The number of aryl methyl sites for hydroxylation is 1. The summed E-state index contributed by atoms with van der Waals surface area (Å²) in [5, 5.41) is 6.71. The van der Waals surface area contributed by atoms with Crippen LogP contribution in [0, 0.1) is 19.7 Å². The fourth-order valence-electron chi connectivity index (χ4n) is 4.98. The fraction of sp³-hybridized carbons (Fsp3) is 0.346. The lowest BCUT2D eigenvalue weighted by molar-refractivity contribution is -0.116. The Balaban J connectivity index is 1.42. The summed E-state index contributed by atoms with van der Waals surface area (Å²) in [7, 11) is 0. The normalized spacial score (nSPS) is 19.9. The van der Waals surface area contributed by atoms with Gasteiger partial charge in [0.2, 0.25) is 5.91 Å². The molecule has 2 aliphatic rings. The number of amides is 1. The van der Waals surface area contributed by atoms with E-state index >= 15 is 0 Å². The molecule has 176 valence electrons. The van der Waals surface area contributed by atoms with Gasteiger partial charge in [-0.15, -0.1) is 0 Å². The third-order valence-corrected chi connectivity index (χ3v) is 7.03. The second kappa shape index (κ2) is 9.18. The fourth-order valence-corrected chi connectivity index (χ4v) is 5.31. The highest BCUT2D eigenvalue weighted by atomic mass is 32.1. The number of halogens is 1. The number of rotatable bonds is 7. The summed E-state index contributed by atoms with van der Waals surface area (Å²) in [6, 6.07) is 14.7. The summed E-state index contributed by atoms with van der Waals surface area (Å²) in [6.45, 7) is 4.73. The van der Waals surface area contributed by atoms with Gasteiger partial charge in [0.25, 0.3) is 0 Å². The zero-order valence-corrected chi connectivity index (χ0v) is 20.1. The van der Waals surface area contributed by atoms with E-state index in [0.29, 0.717) is 17.7 Å². The number of para-hydroxylation sites is 1. The molecule has 1 saturated carbocycles. The minimum Gasteiger partial charge on any atom is -0.352 e. The van der Waals surface area contributed by atoms with Crippen molar-refractivity contribution >= 4 is 28.9 Å². The lowest BCUT2D eigenvalue weighted by Crippen LogP contribution is -2.33. The zero-order chi connectivity index (χ0) is 23.8. The third kappa shape index (κ3) is 4.30. The van der Waals surface area contributed by atoms with E-state index in [1.54, 1.807) is 24.4 Å². The molecule has 2 atom stereocenters. The Labute approximate surface area is 204 Å². The Morgan fingerprint density at radius 1 is 1.21 bits per heavy atom. The van der Waals surface area contributed by atoms with Gasteiger partial charge in [-0.05, 0) is 74.8 Å².